The lowest BCUT2D eigenvalue weighted by Crippen LogP contribution is -2.09. The highest BCUT2D eigenvalue weighted by Gasteiger charge is 2.34. The summed E-state index contributed by atoms with van der Waals surface area (Å²) in [6.07, 6.45) is -3.70. The zero-order valence-electron chi connectivity index (χ0n) is 10.3. The molecule has 2 rings (SSSR count). The molecule has 0 N–H and O–H groups in total. The van der Waals surface area contributed by atoms with Crippen LogP contribution in [-0.4, -0.2) is 16.1 Å². The van der Waals surface area contributed by atoms with Crippen LogP contribution in [0.3, 0.4) is 0 Å². The third-order valence-electron chi connectivity index (χ3n) is 2.75. The van der Waals surface area contributed by atoms with Crippen molar-refractivity contribution < 1.29 is 18.0 Å². The number of nitrogens with zero attached hydrogens (tertiary/aromatic N) is 2. The van der Waals surface area contributed by atoms with Crippen LogP contribution in [0.4, 0.5) is 13.2 Å². The molecule has 0 spiro atoms. The number of aryl methyl sites for hydroxylation is 2. The quantitative estimate of drug-likeness (QED) is 0.811. The topological polar surface area (TPSA) is 34.9 Å². The van der Waals surface area contributed by atoms with Gasteiger partial charge < -0.3 is 0 Å². The molecular formula is C12H11F3N2OS. The number of carbonyl (C=O) groups excluding carboxylic acids is 1. The van der Waals surface area contributed by atoms with Crippen LogP contribution in [0, 0.1) is 13.8 Å². The second-order valence-electron chi connectivity index (χ2n) is 4.17. The molecule has 0 unspecified atom stereocenters. The molecule has 2 aromatic heterocycles. The Balaban J connectivity index is 2.30. The molecule has 0 saturated heterocycles. The summed E-state index contributed by atoms with van der Waals surface area (Å²) in [6, 6.07) is 2.70. The van der Waals surface area contributed by atoms with E-state index in [1.165, 1.54) is 16.0 Å². The number of aldehydes is 1. The number of hydrogen-bond donors (Lipinski definition) is 0. The number of hydrogen-bond acceptors (Lipinski definition) is 3. The Labute approximate surface area is 111 Å². The fraction of sp³-hybridized carbons (Fsp3) is 0.333. The van der Waals surface area contributed by atoms with E-state index in [0.29, 0.717) is 10.6 Å². The van der Waals surface area contributed by atoms with E-state index >= 15 is 0 Å². The van der Waals surface area contributed by atoms with Gasteiger partial charge in [-0.1, -0.05) is 0 Å². The van der Waals surface area contributed by atoms with Gasteiger partial charge in [0.1, 0.15) is 0 Å². The van der Waals surface area contributed by atoms with Crippen LogP contribution in [0.25, 0.3) is 0 Å². The molecule has 102 valence electrons. The van der Waals surface area contributed by atoms with E-state index in [-0.39, 0.29) is 6.54 Å². The summed E-state index contributed by atoms with van der Waals surface area (Å²) in [5, 5.41) is 3.56. The predicted molar refractivity (Wildman–Crippen MR) is 65.5 cm³/mol. The predicted octanol–water partition coefficient (Wildman–Crippen LogP) is 3.44. The lowest BCUT2D eigenvalue weighted by molar-refractivity contribution is -0.141. The summed E-state index contributed by atoms with van der Waals surface area (Å²) >= 11 is 1.32. The van der Waals surface area contributed by atoms with Crippen molar-refractivity contribution in [3.8, 4) is 0 Å². The van der Waals surface area contributed by atoms with Gasteiger partial charge in [-0.15, -0.1) is 11.3 Å². The number of rotatable bonds is 3. The summed E-state index contributed by atoms with van der Waals surface area (Å²) in [5.41, 5.74) is 0.353. The number of halogens is 3. The first kappa shape index (κ1) is 13.8. The monoisotopic (exact) mass is 288 g/mol. The molecular weight excluding hydrogens is 277 g/mol. The average Bonchev–Trinajstić information content (AvgIpc) is 2.84. The van der Waals surface area contributed by atoms with Crippen molar-refractivity contribution in [2.75, 3.05) is 0 Å². The normalized spacial score (nSPS) is 11.8. The number of aromatic nitrogens is 2. The summed E-state index contributed by atoms with van der Waals surface area (Å²) in [6.45, 7) is 3.64. The minimum absolute atomic E-state index is 0.234. The molecule has 0 saturated carbocycles. The summed E-state index contributed by atoms with van der Waals surface area (Å²) in [4.78, 5) is 12.1. The van der Waals surface area contributed by atoms with E-state index < -0.39 is 11.9 Å². The molecule has 2 aromatic rings. The van der Waals surface area contributed by atoms with Gasteiger partial charge in [0.05, 0.1) is 11.4 Å². The maximum Gasteiger partial charge on any atom is 0.435 e. The minimum Gasteiger partial charge on any atom is -0.297 e. The van der Waals surface area contributed by atoms with Crippen LogP contribution in [0.2, 0.25) is 0 Å². The molecule has 19 heavy (non-hydrogen) atoms. The van der Waals surface area contributed by atoms with Crippen molar-refractivity contribution in [2.24, 2.45) is 0 Å². The van der Waals surface area contributed by atoms with Crippen LogP contribution in [-0.2, 0) is 12.7 Å². The van der Waals surface area contributed by atoms with Crippen molar-refractivity contribution in [1.29, 1.82) is 0 Å². The van der Waals surface area contributed by atoms with Crippen molar-refractivity contribution in [3.63, 3.8) is 0 Å². The van der Waals surface area contributed by atoms with Gasteiger partial charge in [-0.2, -0.15) is 18.3 Å². The Bertz CT molecular complexity index is 613. The van der Waals surface area contributed by atoms with Crippen LogP contribution in [0.5, 0.6) is 0 Å². The van der Waals surface area contributed by atoms with Gasteiger partial charge in [-0.05, 0) is 31.5 Å². The molecule has 7 heteroatoms. The fourth-order valence-electron chi connectivity index (χ4n) is 1.73. The Hall–Kier alpha value is -1.63. The highest BCUT2D eigenvalue weighted by molar-refractivity contribution is 7.13. The summed E-state index contributed by atoms with van der Waals surface area (Å²) in [7, 11) is 0. The third kappa shape index (κ3) is 2.86. The molecule has 0 aromatic carbocycles. The van der Waals surface area contributed by atoms with E-state index in [2.05, 4.69) is 5.10 Å². The molecule has 0 radical (unpaired) electrons. The zero-order chi connectivity index (χ0) is 14.2. The Morgan fingerprint density at radius 2 is 2.05 bits per heavy atom. The zero-order valence-corrected chi connectivity index (χ0v) is 11.1. The van der Waals surface area contributed by atoms with Crippen molar-refractivity contribution >= 4 is 17.6 Å². The second kappa shape index (κ2) is 4.80. The van der Waals surface area contributed by atoms with Crippen LogP contribution in [0.15, 0.2) is 12.1 Å². The van der Waals surface area contributed by atoms with E-state index in [1.807, 2.05) is 6.92 Å². The first-order chi connectivity index (χ1) is 8.81. The lowest BCUT2D eigenvalue weighted by Gasteiger charge is -2.04. The van der Waals surface area contributed by atoms with Crippen LogP contribution < -0.4 is 0 Å². The van der Waals surface area contributed by atoms with Crippen molar-refractivity contribution in [2.45, 2.75) is 26.6 Å². The van der Waals surface area contributed by atoms with Gasteiger partial charge in [0.25, 0.3) is 0 Å². The van der Waals surface area contributed by atoms with Crippen LogP contribution >= 0.6 is 11.3 Å². The molecule has 0 amide bonds. The second-order valence-corrected chi connectivity index (χ2v) is 5.46. The van der Waals surface area contributed by atoms with Gasteiger partial charge >= 0.3 is 6.18 Å². The third-order valence-corrected chi connectivity index (χ3v) is 3.77. The van der Waals surface area contributed by atoms with E-state index in [4.69, 9.17) is 0 Å². The SMILES string of the molecule is Cc1sc(C=O)cc1Cn1nc(C(F)(F)F)cc1C. The first-order valence-corrected chi connectivity index (χ1v) is 6.29. The van der Waals surface area contributed by atoms with Crippen molar-refractivity contribution in [3.05, 3.63) is 38.8 Å². The van der Waals surface area contributed by atoms with Gasteiger partial charge in [0.2, 0.25) is 0 Å². The lowest BCUT2D eigenvalue weighted by atomic mass is 10.2. The largest absolute Gasteiger partial charge is 0.435 e. The molecule has 3 nitrogen and oxygen atoms in total. The van der Waals surface area contributed by atoms with Gasteiger partial charge in [0.15, 0.2) is 12.0 Å². The minimum atomic E-state index is -4.44. The molecule has 0 aliphatic carbocycles. The van der Waals surface area contributed by atoms with Gasteiger partial charge in [-0.3, -0.25) is 9.48 Å². The van der Waals surface area contributed by atoms with E-state index in [1.54, 1.807) is 13.0 Å². The maximum atomic E-state index is 12.5. The standard InChI is InChI=1S/C12H11F3N2OS/c1-7-3-11(12(13,14)15)16-17(7)5-9-4-10(6-18)19-8(9)2/h3-4,6H,5H2,1-2H3. The molecule has 2 heterocycles. The Kier molecular flexibility index (Phi) is 3.49. The Morgan fingerprint density at radius 3 is 2.53 bits per heavy atom. The van der Waals surface area contributed by atoms with Crippen LogP contribution in [0.1, 0.15) is 31.5 Å². The smallest absolute Gasteiger partial charge is 0.297 e. The fourth-order valence-corrected chi connectivity index (χ4v) is 2.59. The van der Waals surface area contributed by atoms with Gasteiger partial charge in [0, 0.05) is 10.6 Å². The number of alkyl halides is 3. The highest BCUT2D eigenvalue weighted by Crippen LogP contribution is 2.29. The number of thiophene rings is 1. The molecule has 0 bridgehead atoms. The first-order valence-electron chi connectivity index (χ1n) is 5.47. The highest BCUT2D eigenvalue weighted by atomic mass is 32.1. The molecule has 0 atom stereocenters. The number of carbonyl (C=O) groups is 1. The Morgan fingerprint density at radius 1 is 1.37 bits per heavy atom. The molecule has 0 fully saturated rings. The summed E-state index contributed by atoms with van der Waals surface area (Å²) < 4.78 is 38.9. The maximum absolute atomic E-state index is 12.5. The van der Waals surface area contributed by atoms with Gasteiger partial charge in [-0.25, -0.2) is 0 Å². The van der Waals surface area contributed by atoms with E-state index in [0.717, 1.165) is 22.8 Å². The molecule has 0 aliphatic heterocycles. The summed E-state index contributed by atoms with van der Waals surface area (Å²) in [5.74, 6) is 0. The van der Waals surface area contributed by atoms with Crippen molar-refractivity contribution in [1.82, 2.24) is 9.78 Å². The average molecular weight is 288 g/mol. The van der Waals surface area contributed by atoms with E-state index in [9.17, 15) is 18.0 Å². The molecule has 0 aliphatic rings.